The summed E-state index contributed by atoms with van der Waals surface area (Å²) in [6.45, 7) is 4.90. The summed E-state index contributed by atoms with van der Waals surface area (Å²) in [7, 11) is 0. The third kappa shape index (κ3) is 2.66. The molecule has 0 atom stereocenters. The SMILES string of the molecule is CC=C(C)N1CCC(C(F)(F)F)CC1. The first-order valence-corrected chi connectivity index (χ1v) is 4.89. The third-order valence-electron chi connectivity index (χ3n) is 2.87. The van der Waals surface area contributed by atoms with Crippen LogP contribution >= 0.6 is 0 Å². The molecular weight excluding hydrogens is 191 g/mol. The number of likely N-dealkylation sites (tertiary alicyclic amines) is 1. The summed E-state index contributed by atoms with van der Waals surface area (Å²) in [6, 6.07) is 0. The van der Waals surface area contributed by atoms with Crippen molar-refractivity contribution in [1.82, 2.24) is 4.90 Å². The van der Waals surface area contributed by atoms with Crippen LogP contribution in [0.3, 0.4) is 0 Å². The number of halogens is 3. The monoisotopic (exact) mass is 207 g/mol. The van der Waals surface area contributed by atoms with Crippen molar-refractivity contribution in [2.45, 2.75) is 32.9 Å². The highest BCUT2D eigenvalue weighted by molar-refractivity contribution is 4.97. The van der Waals surface area contributed by atoms with Crippen molar-refractivity contribution in [2.75, 3.05) is 13.1 Å². The molecule has 0 aliphatic carbocycles. The summed E-state index contributed by atoms with van der Waals surface area (Å²) in [4.78, 5) is 2.02. The van der Waals surface area contributed by atoms with E-state index in [1.165, 1.54) is 0 Å². The molecule has 1 rings (SSSR count). The largest absolute Gasteiger partial charge is 0.391 e. The van der Waals surface area contributed by atoms with E-state index in [1.807, 2.05) is 24.8 Å². The molecule has 1 heterocycles. The van der Waals surface area contributed by atoms with Gasteiger partial charge in [0.25, 0.3) is 0 Å². The normalized spacial score (nSPS) is 21.5. The summed E-state index contributed by atoms with van der Waals surface area (Å²) in [6.07, 6.45) is -1.60. The highest BCUT2D eigenvalue weighted by Crippen LogP contribution is 2.34. The van der Waals surface area contributed by atoms with Crippen molar-refractivity contribution in [3.63, 3.8) is 0 Å². The first-order valence-electron chi connectivity index (χ1n) is 4.89. The minimum atomic E-state index is -4.00. The molecule has 1 fully saturated rings. The molecule has 1 aliphatic heterocycles. The van der Waals surface area contributed by atoms with Gasteiger partial charge in [0.1, 0.15) is 0 Å². The Morgan fingerprint density at radius 1 is 1.29 bits per heavy atom. The average Bonchev–Trinajstić information content (AvgIpc) is 2.15. The fraction of sp³-hybridized carbons (Fsp3) is 0.800. The number of hydrogen-bond acceptors (Lipinski definition) is 1. The maximum Gasteiger partial charge on any atom is 0.391 e. The van der Waals surface area contributed by atoms with E-state index in [2.05, 4.69) is 0 Å². The summed E-state index contributed by atoms with van der Waals surface area (Å²) in [5.74, 6) is -1.09. The highest BCUT2D eigenvalue weighted by atomic mass is 19.4. The van der Waals surface area contributed by atoms with E-state index in [0.29, 0.717) is 13.1 Å². The Balaban J connectivity index is 2.47. The van der Waals surface area contributed by atoms with Gasteiger partial charge in [0.2, 0.25) is 0 Å². The molecule has 0 radical (unpaired) electrons. The van der Waals surface area contributed by atoms with Gasteiger partial charge in [0.05, 0.1) is 5.92 Å². The Kier molecular flexibility index (Phi) is 3.45. The fourth-order valence-corrected chi connectivity index (χ4v) is 1.74. The van der Waals surface area contributed by atoms with Gasteiger partial charge in [-0.05, 0) is 26.7 Å². The first kappa shape index (κ1) is 11.4. The van der Waals surface area contributed by atoms with Crippen LogP contribution in [0.25, 0.3) is 0 Å². The Morgan fingerprint density at radius 3 is 2.14 bits per heavy atom. The van der Waals surface area contributed by atoms with Gasteiger partial charge in [-0.3, -0.25) is 0 Å². The van der Waals surface area contributed by atoms with Crippen LogP contribution < -0.4 is 0 Å². The van der Waals surface area contributed by atoms with Crippen LogP contribution in [0.4, 0.5) is 13.2 Å². The van der Waals surface area contributed by atoms with Crippen molar-refractivity contribution >= 4 is 0 Å². The summed E-state index contributed by atoms with van der Waals surface area (Å²) < 4.78 is 37.0. The molecule has 0 saturated carbocycles. The Morgan fingerprint density at radius 2 is 1.79 bits per heavy atom. The minimum Gasteiger partial charge on any atom is -0.375 e. The van der Waals surface area contributed by atoms with Gasteiger partial charge >= 0.3 is 6.18 Å². The molecule has 4 heteroatoms. The van der Waals surface area contributed by atoms with E-state index >= 15 is 0 Å². The van der Waals surface area contributed by atoms with Crippen molar-refractivity contribution in [3.05, 3.63) is 11.8 Å². The predicted molar refractivity (Wildman–Crippen MR) is 49.8 cm³/mol. The van der Waals surface area contributed by atoms with Gasteiger partial charge < -0.3 is 4.90 Å². The molecule has 1 aliphatic rings. The molecule has 0 aromatic carbocycles. The smallest absolute Gasteiger partial charge is 0.375 e. The van der Waals surface area contributed by atoms with Crippen molar-refractivity contribution in [1.29, 1.82) is 0 Å². The van der Waals surface area contributed by atoms with Crippen LogP contribution in [0, 0.1) is 5.92 Å². The van der Waals surface area contributed by atoms with Crippen LogP contribution in [0.1, 0.15) is 26.7 Å². The molecule has 82 valence electrons. The third-order valence-corrected chi connectivity index (χ3v) is 2.87. The second kappa shape index (κ2) is 4.24. The number of nitrogens with zero attached hydrogens (tertiary/aromatic N) is 1. The van der Waals surface area contributed by atoms with Gasteiger partial charge in [-0.25, -0.2) is 0 Å². The lowest BCUT2D eigenvalue weighted by atomic mass is 9.96. The quantitative estimate of drug-likeness (QED) is 0.638. The van der Waals surface area contributed by atoms with Crippen LogP contribution in [0.15, 0.2) is 11.8 Å². The number of alkyl halides is 3. The standard InChI is InChI=1S/C10H16F3N/c1-3-8(2)14-6-4-9(5-7-14)10(11,12)13/h3,9H,4-7H2,1-2H3. The van der Waals surface area contributed by atoms with E-state index in [4.69, 9.17) is 0 Å². The minimum absolute atomic E-state index is 0.231. The molecular formula is C10H16F3N. The van der Waals surface area contributed by atoms with Crippen LogP contribution in [-0.2, 0) is 0 Å². The topological polar surface area (TPSA) is 3.24 Å². The van der Waals surface area contributed by atoms with E-state index in [1.54, 1.807) is 0 Å². The van der Waals surface area contributed by atoms with Crippen LogP contribution in [0.2, 0.25) is 0 Å². The lowest BCUT2D eigenvalue weighted by molar-refractivity contribution is -0.184. The van der Waals surface area contributed by atoms with Crippen molar-refractivity contribution < 1.29 is 13.2 Å². The molecule has 0 bridgehead atoms. The molecule has 0 amide bonds. The fourth-order valence-electron chi connectivity index (χ4n) is 1.74. The van der Waals surface area contributed by atoms with Crippen LogP contribution in [-0.4, -0.2) is 24.2 Å². The zero-order valence-corrected chi connectivity index (χ0v) is 8.56. The summed E-state index contributed by atoms with van der Waals surface area (Å²) in [5.41, 5.74) is 1.07. The number of rotatable bonds is 1. The lowest BCUT2D eigenvalue weighted by Crippen LogP contribution is -2.37. The Hall–Kier alpha value is -0.670. The second-order valence-electron chi connectivity index (χ2n) is 3.73. The van der Waals surface area contributed by atoms with Gasteiger partial charge in [-0.2, -0.15) is 13.2 Å². The molecule has 0 spiro atoms. The van der Waals surface area contributed by atoms with E-state index in [0.717, 1.165) is 5.70 Å². The number of piperidine rings is 1. The number of allylic oxidation sites excluding steroid dienone is 2. The zero-order chi connectivity index (χ0) is 10.8. The molecule has 14 heavy (non-hydrogen) atoms. The molecule has 0 N–H and O–H groups in total. The van der Waals surface area contributed by atoms with E-state index in [-0.39, 0.29) is 12.8 Å². The van der Waals surface area contributed by atoms with Gasteiger partial charge in [-0.1, -0.05) is 6.08 Å². The van der Waals surface area contributed by atoms with Gasteiger partial charge in [0, 0.05) is 18.8 Å². The Labute approximate surface area is 82.6 Å². The summed E-state index contributed by atoms with van der Waals surface area (Å²) >= 11 is 0. The number of hydrogen-bond donors (Lipinski definition) is 0. The zero-order valence-electron chi connectivity index (χ0n) is 8.56. The second-order valence-corrected chi connectivity index (χ2v) is 3.73. The first-order chi connectivity index (χ1) is 6.45. The van der Waals surface area contributed by atoms with Gasteiger partial charge in [0.15, 0.2) is 0 Å². The molecule has 1 saturated heterocycles. The molecule has 1 nitrogen and oxygen atoms in total. The lowest BCUT2D eigenvalue weighted by Gasteiger charge is -2.34. The predicted octanol–water partition coefficient (Wildman–Crippen LogP) is 3.18. The van der Waals surface area contributed by atoms with Crippen molar-refractivity contribution in [2.24, 2.45) is 5.92 Å². The maximum absolute atomic E-state index is 12.3. The molecule has 0 unspecified atom stereocenters. The van der Waals surface area contributed by atoms with Gasteiger partial charge in [-0.15, -0.1) is 0 Å². The highest BCUT2D eigenvalue weighted by Gasteiger charge is 2.40. The van der Waals surface area contributed by atoms with Crippen LogP contribution in [0.5, 0.6) is 0 Å². The molecule has 0 aromatic rings. The average molecular weight is 207 g/mol. The van der Waals surface area contributed by atoms with E-state index in [9.17, 15) is 13.2 Å². The van der Waals surface area contributed by atoms with E-state index < -0.39 is 12.1 Å². The molecule has 0 aromatic heterocycles. The maximum atomic E-state index is 12.3. The summed E-state index contributed by atoms with van der Waals surface area (Å²) in [5, 5.41) is 0. The van der Waals surface area contributed by atoms with Crippen molar-refractivity contribution in [3.8, 4) is 0 Å². The Bertz CT molecular complexity index is 212.